The number of halogens is 2. The molecule has 0 unspecified atom stereocenters. The Morgan fingerprint density at radius 1 is 1.00 bits per heavy atom. The minimum absolute atomic E-state index is 0.289. The van der Waals surface area contributed by atoms with Gasteiger partial charge in [-0.2, -0.15) is 10.1 Å². The molecule has 0 aliphatic carbocycles. The number of rotatable bonds is 5. The lowest BCUT2D eigenvalue weighted by molar-refractivity contribution is 0.628. The standard InChI is InChI=1S/C20H16BrFN6/c1-28-18(9-10-24-28)13-3-2-4-16(11-13)26-20-23-12-17(21)19(27-20)25-15-7-5-14(22)6-8-15/h2-12H,1H3,(H2,23,25,26,27). The van der Waals surface area contributed by atoms with Crippen LogP contribution in [0, 0.1) is 5.82 Å². The smallest absolute Gasteiger partial charge is 0.229 e. The van der Waals surface area contributed by atoms with Crippen molar-refractivity contribution in [3.05, 3.63) is 77.3 Å². The third-order valence-corrected chi connectivity index (χ3v) is 4.67. The molecular formula is C20H16BrFN6. The molecule has 28 heavy (non-hydrogen) atoms. The first-order valence-corrected chi connectivity index (χ1v) is 9.28. The Bertz CT molecular complexity index is 1110. The van der Waals surface area contributed by atoms with Gasteiger partial charge in [-0.15, -0.1) is 0 Å². The van der Waals surface area contributed by atoms with E-state index >= 15 is 0 Å². The molecule has 0 saturated carbocycles. The monoisotopic (exact) mass is 438 g/mol. The summed E-state index contributed by atoms with van der Waals surface area (Å²) >= 11 is 3.43. The summed E-state index contributed by atoms with van der Waals surface area (Å²) in [6, 6.07) is 16.0. The number of aryl methyl sites for hydroxylation is 1. The van der Waals surface area contributed by atoms with Crippen molar-refractivity contribution in [2.24, 2.45) is 7.05 Å². The molecule has 2 aromatic heterocycles. The largest absolute Gasteiger partial charge is 0.339 e. The zero-order chi connectivity index (χ0) is 19.5. The van der Waals surface area contributed by atoms with Gasteiger partial charge in [0, 0.05) is 36.4 Å². The molecular weight excluding hydrogens is 423 g/mol. The average Bonchev–Trinajstić information content (AvgIpc) is 3.12. The third kappa shape index (κ3) is 4.01. The van der Waals surface area contributed by atoms with Gasteiger partial charge in [-0.3, -0.25) is 4.68 Å². The summed E-state index contributed by atoms with van der Waals surface area (Å²) in [4.78, 5) is 8.82. The van der Waals surface area contributed by atoms with E-state index in [0.717, 1.165) is 22.6 Å². The number of aromatic nitrogens is 4. The molecule has 4 aromatic rings. The fourth-order valence-electron chi connectivity index (χ4n) is 2.73. The van der Waals surface area contributed by atoms with Crippen molar-refractivity contribution in [3.8, 4) is 11.3 Å². The highest BCUT2D eigenvalue weighted by Crippen LogP contribution is 2.27. The minimum atomic E-state index is -0.289. The summed E-state index contributed by atoms with van der Waals surface area (Å²) in [5.74, 6) is 0.727. The van der Waals surface area contributed by atoms with Crippen LogP contribution in [-0.2, 0) is 7.05 Å². The maximum Gasteiger partial charge on any atom is 0.229 e. The van der Waals surface area contributed by atoms with Crippen LogP contribution in [0.3, 0.4) is 0 Å². The van der Waals surface area contributed by atoms with Crippen LogP contribution in [0.2, 0.25) is 0 Å². The normalized spacial score (nSPS) is 10.7. The molecule has 0 spiro atoms. The molecule has 2 heterocycles. The van der Waals surface area contributed by atoms with E-state index in [1.165, 1.54) is 12.1 Å². The average molecular weight is 439 g/mol. The van der Waals surface area contributed by atoms with Crippen LogP contribution in [0.4, 0.5) is 27.5 Å². The SMILES string of the molecule is Cn1nccc1-c1cccc(Nc2ncc(Br)c(Nc3ccc(F)cc3)n2)c1. The minimum Gasteiger partial charge on any atom is -0.339 e. The van der Waals surface area contributed by atoms with E-state index in [9.17, 15) is 4.39 Å². The summed E-state index contributed by atoms with van der Waals surface area (Å²) in [5, 5.41) is 10.6. The van der Waals surface area contributed by atoms with E-state index in [-0.39, 0.29) is 5.82 Å². The predicted octanol–water partition coefficient (Wildman–Crippen LogP) is 5.27. The van der Waals surface area contributed by atoms with Gasteiger partial charge in [0.2, 0.25) is 5.95 Å². The lowest BCUT2D eigenvalue weighted by atomic mass is 10.1. The third-order valence-electron chi connectivity index (χ3n) is 4.09. The molecule has 4 rings (SSSR count). The molecule has 0 saturated heterocycles. The van der Waals surface area contributed by atoms with Crippen molar-refractivity contribution in [1.29, 1.82) is 0 Å². The van der Waals surface area contributed by atoms with Crippen molar-refractivity contribution in [2.45, 2.75) is 0 Å². The fraction of sp³-hybridized carbons (Fsp3) is 0.0500. The Labute approximate surface area is 169 Å². The van der Waals surface area contributed by atoms with Gasteiger partial charge in [-0.25, -0.2) is 9.37 Å². The molecule has 0 bridgehead atoms. The second-order valence-electron chi connectivity index (χ2n) is 6.07. The molecule has 2 aromatic carbocycles. The van der Waals surface area contributed by atoms with E-state index in [0.29, 0.717) is 16.2 Å². The van der Waals surface area contributed by atoms with Crippen molar-refractivity contribution in [3.63, 3.8) is 0 Å². The molecule has 0 fully saturated rings. The lowest BCUT2D eigenvalue weighted by Crippen LogP contribution is -2.02. The second kappa shape index (κ2) is 7.77. The number of anilines is 4. The van der Waals surface area contributed by atoms with E-state index in [1.54, 1.807) is 24.5 Å². The van der Waals surface area contributed by atoms with Gasteiger partial charge in [0.05, 0.1) is 10.2 Å². The van der Waals surface area contributed by atoms with Gasteiger partial charge in [0.15, 0.2) is 0 Å². The molecule has 0 amide bonds. The first-order valence-electron chi connectivity index (χ1n) is 8.49. The Balaban J connectivity index is 1.57. The van der Waals surface area contributed by atoms with Gasteiger partial charge in [0.1, 0.15) is 11.6 Å². The summed E-state index contributed by atoms with van der Waals surface area (Å²) in [5.41, 5.74) is 3.63. The molecule has 0 aliphatic heterocycles. The maximum atomic E-state index is 13.1. The van der Waals surface area contributed by atoms with Crippen LogP contribution in [0.25, 0.3) is 11.3 Å². The van der Waals surface area contributed by atoms with Crippen LogP contribution in [0.1, 0.15) is 0 Å². The molecule has 8 heteroatoms. The molecule has 0 radical (unpaired) electrons. The van der Waals surface area contributed by atoms with Crippen molar-refractivity contribution < 1.29 is 4.39 Å². The van der Waals surface area contributed by atoms with Crippen molar-refractivity contribution in [2.75, 3.05) is 10.6 Å². The highest BCUT2D eigenvalue weighted by atomic mass is 79.9. The predicted molar refractivity (Wildman–Crippen MR) is 111 cm³/mol. The quantitative estimate of drug-likeness (QED) is 0.444. The summed E-state index contributed by atoms with van der Waals surface area (Å²) in [6.45, 7) is 0. The van der Waals surface area contributed by atoms with Crippen LogP contribution in [0.5, 0.6) is 0 Å². The highest BCUT2D eigenvalue weighted by molar-refractivity contribution is 9.10. The Morgan fingerprint density at radius 2 is 1.82 bits per heavy atom. The van der Waals surface area contributed by atoms with Gasteiger partial charge in [0.25, 0.3) is 0 Å². The van der Waals surface area contributed by atoms with E-state index in [4.69, 9.17) is 0 Å². The number of nitrogens with one attached hydrogen (secondary N) is 2. The van der Waals surface area contributed by atoms with Gasteiger partial charge >= 0.3 is 0 Å². The van der Waals surface area contributed by atoms with E-state index in [1.807, 2.05) is 42.1 Å². The molecule has 0 aliphatic rings. The lowest BCUT2D eigenvalue weighted by Gasteiger charge is -2.11. The van der Waals surface area contributed by atoms with Crippen LogP contribution in [-0.4, -0.2) is 19.7 Å². The summed E-state index contributed by atoms with van der Waals surface area (Å²) in [7, 11) is 1.90. The maximum absolute atomic E-state index is 13.1. The van der Waals surface area contributed by atoms with Crippen LogP contribution >= 0.6 is 15.9 Å². The molecule has 0 atom stereocenters. The number of benzene rings is 2. The first-order chi connectivity index (χ1) is 13.6. The Hall–Kier alpha value is -3.26. The van der Waals surface area contributed by atoms with Gasteiger partial charge in [-0.1, -0.05) is 12.1 Å². The Kier molecular flexibility index (Phi) is 5.03. The zero-order valence-corrected chi connectivity index (χ0v) is 16.5. The topological polar surface area (TPSA) is 67.7 Å². The van der Waals surface area contributed by atoms with Crippen LogP contribution in [0.15, 0.2) is 71.5 Å². The molecule has 6 nitrogen and oxygen atoms in total. The highest BCUT2D eigenvalue weighted by Gasteiger charge is 2.08. The van der Waals surface area contributed by atoms with Crippen molar-refractivity contribution >= 4 is 39.1 Å². The Morgan fingerprint density at radius 3 is 2.57 bits per heavy atom. The number of hydrogen-bond acceptors (Lipinski definition) is 5. The molecule has 2 N–H and O–H groups in total. The summed E-state index contributed by atoms with van der Waals surface area (Å²) in [6.07, 6.45) is 3.42. The summed E-state index contributed by atoms with van der Waals surface area (Å²) < 4.78 is 15.6. The van der Waals surface area contributed by atoms with Gasteiger partial charge < -0.3 is 10.6 Å². The van der Waals surface area contributed by atoms with E-state index in [2.05, 4.69) is 41.6 Å². The van der Waals surface area contributed by atoms with E-state index < -0.39 is 0 Å². The number of nitrogens with zero attached hydrogens (tertiary/aromatic N) is 4. The van der Waals surface area contributed by atoms with Crippen LogP contribution < -0.4 is 10.6 Å². The number of hydrogen-bond donors (Lipinski definition) is 2. The fourth-order valence-corrected chi connectivity index (χ4v) is 3.02. The first kappa shape index (κ1) is 18.1. The van der Waals surface area contributed by atoms with Gasteiger partial charge in [-0.05, 0) is 58.4 Å². The zero-order valence-electron chi connectivity index (χ0n) is 14.9. The second-order valence-corrected chi connectivity index (χ2v) is 6.92. The van der Waals surface area contributed by atoms with Crippen molar-refractivity contribution in [1.82, 2.24) is 19.7 Å². The molecule has 140 valence electrons.